The number of hydrogen-bond acceptors (Lipinski definition) is 4. The van der Waals surface area contributed by atoms with Crippen molar-refractivity contribution in [3.63, 3.8) is 0 Å². The Morgan fingerprint density at radius 1 is 1.33 bits per heavy atom. The van der Waals surface area contributed by atoms with Gasteiger partial charge in [-0.05, 0) is 18.6 Å². The van der Waals surface area contributed by atoms with Gasteiger partial charge in [0, 0.05) is 13.2 Å². The molecule has 1 aliphatic rings. The number of amides is 2. The quantitative estimate of drug-likeness (QED) is 0.834. The molecule has 0 radical (unpaired) electrons. The fraction of sp³-hybridized carbons (Fsp3) is 0.385. The molecule has 0 spiro atoms. The average molecular weight is 349 g/mol. The van der Waals surface area contributed by atoms with E-state index in [1.807, 2.05) is 13.0 Å². The van der Waals surface area contributed by atoms with Gasteiger partial charge in [0.1, 0.15) is 11.9 Å². The van der Waals surface area contributed by atoms with Crippen LogP contribution in [-0.2, 0) is 9.59 Å². The van der Waals surface area contributed by atoms with E-state index in [1.54, 1.807) is 12.3 Å². The molecular weight excluding hydrogens is 335 g/mol. The standard InChI is InChI=1S/C11H13N3O3.C2HF3O2/c1-7-4-3-5-12-9(7)14-6-8(10(15)16)13(2)11(14)17;3-2(4,5)1(6)7/h3-5,8H,6H2,1-2H3,(H,15,16);(H,6,7). The van der Waals surface area contributed by atoms with Gasteiger partial charge in [0.2, 0.25) is 0 Å². The minimum absolute atomic E-state index is 0.127. The van der Waals surface area contributed by atoms with Gasteiger partial charge in [-0.3, -0.25) is 4.90 Å². The molecule has 0 aromatic carbocycles. The molecule has 2 heterocycles. The van der Waals surface area contributed by atoms with Crippen LogP contribution >= 0.6 is 0 Å². The van der Waals surface area contributed by atoms with Crippen LogP contribution in [0.15, 0.2) is 18.3 Å². The molecule has 24 heavy (non-hydrogen) atoms. The highest BCUT2D eigenvalue weighted by molar-refractivity contribution is 5.98. The van der Waals surface area contributed by atoms with E-state index in [1.165, 1.54) is 16.8 Å². The number of anilines is 1. The highest BCUT2D eigenvalue weighted by atomic mass is 19.4. The highest BCUT2D eigenvalue weighted by Crippen LogP contribution is 2.23. The lowest BCUT2D eigenvalue weighted by Crippen LogP contribution is -2.36. The second kappa shape index (κ2) is 7.15. The van der Waals surface area contributed by atoms with Gasteiger partial charge in [0.25, 0.3) is 0 Å². The van der Waals surface area contributed by atoms with E-state index >= 15 is 0 Å². The lowest BCUT2D eigenvalue weighted by atomic mass is 10.2. The molecular formula is C13H14F3N3O5. The predicted octanol–water partition coefficient (Wildman–Crippen LogP) is 1.35. The van der Waals surface area contributed by atoms with Gasteiger partial charge in [-0.1, -0.05) is 6.07 Å². The summed E-state index contributed by atoms with van der Waals surface area (Å²) in [7, 11) is 1.49. The fourth-order valence-electron chi connectivity index (χ4n) is 1.88. The number of aliphatic carboxylic acids is 2. The molecule has 8 nitrogen and oxygen atoms in total. The summed E-state index contributed by atoms with van der Waals surface area (Å²) < 4.78 is 31.7. The Morgan fingerprint density at radius 3 is 2.25 bits per heavy atom. The maximum atomic E-state index is 11.9. The number of carboxylic acid groups (broad SMARTS) is 2. The van der Waals surface area contributed by atoms with Crippen molar-refractivity contribution in [1.82, 2.24) is 9.88 Å². The van der Waals surface area contributed by atoms with Crippen molar-refractivity contribution in [1.29, 1.82) is 0 Å². The van der Waals surface area contributed by atoms with Crippen molar-refractivity contribution in [3.05, 3.63) is 23.9 Å². The molecule has 0 aliphatic carbocycles. The third-order valence-electron chi connectivity index (χ3n) is 3.12. The van der Waals surface area contributed by atoms with Crippen LogP contribution in [-0.4, -0.2) is 63.9 Å². The molecule has 0 saturated carbocycles. The lowest BCUT2D eigenvalue weighted by molar-refractivity contribution is -0.192. The van der Waals surface area contributed by atoms with Gasteiger partial charge >= 0.3 is 24.1 Å². The number of aryl methyl sites for hydroxylation is 1. The van der Waals surface area contributed by atoms with Crippen LogP contribution in [0.25, 0.3) is 0 Å². The Kier molecular flexibility index (Phi) is 5.72. The molecule has 1 aliphatic heterocycles. The number of nitrogens with zero attached hydrogens (tertiary/aromatic N) is 3. The van der Waals surface area contributed by atoms with E-state index in [-0.39, 0.29) is 12.6 Å². The molecule has 1 atom stereocenters. The normalized spacial score (nSPS) is 17.4. The van der Waals surface area contributed by atoms with E-state index in [0.29, 0.717) is 5.82 Å². The first-order valence-corrected chi connectivity index (χ1v) is 6.45. The molecule has 1 fully saturated rings. The lowest BCUT2D eigenvalue weighted by Gasteiger charge is -2.16. The van der Waals surface area contributed by atoms with Crippen molar-refractivity contribution in [2.45, 2.75) is 19.1 Å². The molecule has 0 bridgehead atoms. The van der Waals surface area contributed by atoms with E-state index in [0.717, 1.165) is 5.56 Å². The van der Waals surface area contributed by atoms with Crippen molar-refractivity contribution in [2.75, 3.05) is 18.5 Å². The third-order valence-corrected chi connectivity index (χ3v) is 3.12. The van der Waals surface area contributed by atoms with Crippen molar-refractivity contribution >= 4 is 23.8 Å². The van der Waals surface area contributed by atoms with Crippen molar-refractivity contribution < 1.29 is 37.8 Å². The smallest absolute Gasteiger partial charge is 0.480 e. The Balaban J connectivity index is 0.000000351. The predicted molar refractivity (Wildman–Crippen MR) is 74.6 cm³/mol. The number of urea groups is 1. The van der Waals surface area contributed by atoms with Crippen LogP contribution in [0.5, 0.6) is 0 Å². The summed E-state index contributed by atoms with van der Waals surface area (Å²) >= 11 is 0. The summed E-state index contributed by atoms with van der Waals surface area (Å²) in [5.74, 6) is -3.24. The second-order valence-electron chi connectivity index (χ2n) is 4.80. The topological polar surface area (TPSA) is 111 Å². The second-order valence-corrected chi connectivity index (χ2v) is 4.80. The molecule has 2 N–H and O–H groups in total. The summed E-state index contributed by atoms with van der Waals surface area (Å²) in [5, 5.41) is 16.1. The first-order chi connectivity index (χ1) is 11.0. The number of hydrogen-bond donors (Lipinski definition) is 2. The minimum atomic E-state index is -5.08. The van der Waals surface area contributed by atoms with E-state index in [2.05, 4.69) is 4.98 Å². The Labute approximate surface area is 134 Å². The number of pyridine rings is 1. The monoisotopic (exact) mass is 349 g/mol. The van der Waals surface area contributed by atoms with Crippen LogP contribution in [0.4, 0.5) is 23.8 Å². The first-order valence-electron chi connectivity index (χ1n) is 6.45. The number of alkyl halides is 3. The van der Waals surface area contributed by atoms with Crippen molar-refractivity contribution in [3.8, 4) is 0 Å². The zero-order chi connectivity index (χ0) is 18.7. The first kappa shape index (κ1) is 19.2. The summed E-state index contributed by atoms with van der Waals surface area (Å²) in [6.45, 7) is 1.96. The van der Waals surface area contributed by atoms with Gasteiger partial charge in [-0.25, -0.2) is 19.4 Å². The number of aromatic nitrogens is 1. The molecule has 2 rings (SSSR count). The fourth-order valence-corrected chi connectivity index (χ4v) is 1.88. The average Bonchev–Trinajstić information content (AvgIpc) is 2.76. The van der Waals surface area contributed by atoms with Crippen LogP contribution in [0.3, 0.4) is 0 Å². The van der Waals surface area contributed by atoms with Crippen LogP contribution < -0.4 is 4.90 Å². The number of carbonyl (C=O) groups is 3. The Hall–Kier alpha value is -2.85. The molecule has 132 valence electrons. The van der Waals surface area contributed by atoms with Gasteiger partial charge < -0.3 is 15.1 Å². The maximum absolute atomic E-state index is 11.9. The molecule has 1 aromatic heterocycles. The largest absolute Gasteiger partial charge is 0.490 e. The number of halogens is 3. The number of carbonyl (C=O) groups excluding carboxylic acids is 1. The summed E-state index contributed by atoms with van der Waals surface area (Å²) in [5.41, 5.74) is 0.847. The van der Waals surface area contributed by atoms with Gasteiger partial charge in [0.15, 0.2) is 0 Å². The van der Waals surface area contributed by atoms with E-state index in [9.17, 15) is 22.8 Å². The minimum Gasteiger partial charge on any atom is -0.480 e. The number of rotatable bonds is 2. The molecule has 2 amide bonds. The molecule has 1 aromatic rings. The van der Waals surface area contributed by atoms with E-state index in [4.69, 9.17) is 15.0 Å². The van der Waals surface area contributed by atoms with Crippen LogP contribution in [0.2, 0.25) is 0 Å². The third kappa shape index (κ3) is 4.33. The highest BCUT2D eigenvalue weighted by Gasteiger charge is 2.40. The zero-order valence-corrected chi connectivity index (χ0v) is 12.6. The van der Waals surface area contributed by atoms with Crippen LogP contribution in [0.1, 0.15) is 5.56 Å². The zero-order valence-electron chi connectivity index (χ0n) is 12.6. The van der Waals surface area contributed by atoms with Crippen molar-refractivity contribution in [2.24, 2.45) is 0 Å². The number of carboxylic acids is 2. The van der Waals surface area contributed by atoms with Gasteiger partial charge in [-0.15, -0.1) is 0 Å². The van der Waals surface area contributed by atoms with E-state index < -0.39 is 24.2 Å². The number of likely N-dealkylation sites (N-methyl/N-ethyl adjacent to an activating group) is 1. The Bertz CT molecular complexity index is 650. The van der Waals surface area contributed by atoms with Gasteiger partial charge in [0.05, 0.1) is 6.54 Å². The molecule has 1 unspecified atom stereocenters. The Morgan fingerprint density at radius 2 is 1.88 bits per heavy atom. The summed E-state index contributed by atoms with van der Waals surface area (Å²) in [4.78, 5) is 38.5. The maximum Gasteiger partial charge on any atom is 0.490 e. The summed E-state index contributed by atoms with van der Waals surface area (Å²) in [6.07, 6.45) is -3.50. The SMILES string of the molecule is Cc1cccnc1N1CC(C(=O)O)N(C)C1=O.O=C(O)C(F)(F)F. The summed E-state index contributed by atoms with van der Waals surface area (Å²) in [6, 6.07) is 2.46. The van der Waals surface area contributed by atoms with Crippen LogP contribution in [0, 0.1) is 6.92 Å². The molecule has 1 saturated heterocycles. The van der Waals surface area contributed by atoms with Gasteiger partial charge in [-0.2, -0.15) is 13.2 Å². The molecule has 11 heteroatoms.